The molecule has 100 valence electrons. The maximum Gasteiger partial charge on any atom is 0.305 e. The van der Waals surface area contributed by atoms with Gasteiger partial charge < -0.3 is 4.74 Å². The first-order valence-corrected chi connectivity index (χ1v) is 6.28. The molecule has 0 unspecified atom stereocenters. The zero-order valence-corrected chi connectivity index (χ0v) is 10.8. The lowest BCUT2D eigenvalue weighted by atomic mass is 10.2. The van der Waals surface area contributed by atoms with Crippen LogP contribution in [-0.2, 0) is 16.0 Å². The lowest BCUT2D eigenvalue weighted by Gasteiger charge is -1.99. The third-order valence-electron chi connectivity index (χ3n) is 2.53. The highest BCUT2D eigenvalue weighted by Crippen LogP contribution is 2.11. The van der Waals surface area contributed by atoms with Gasteiger partial charge in [0.05, 0.1) is 6.61 Å². The minimum atomic E-state index is -0.174. The normalized spacial score (nSPS) is 10.4. The molecule has 2 aromatic heterocycles. The van der Waals surface area contributed by atoms with Crippen LogP contribution < -0.4 is 0 Å². The molecule has 0 fully saturated rings. The van der Waals surface area contributed by atoms with Crippen molar-refractivity contribution in [2.24, 2.45) is 0 Å². The van der Waals surface area contributed by atoms with E-state index >= 15 is 0 Å². The fourth-order valence-electron chi connectivity index (χ4n) is 1.65. The largest absolute Gasteiger partial charge is 0.466 e. The summed E-state index contributed by atoms with van der Waals surface area (Å²) < 4.78 is 4.86. The van der Waals surface area contributed by atoms with Gasteiger partial charge in [0.15, 0.2) is 5.82 Å². The van der Waals surface area contributed by atoms with Gasteiger partial charge in [-0.1, -0.05) is 6.07 Å². The van der Waals surface area contributed by atoms with Gasteiger partial charge in [-0.25, -0.2) is 4.98 Å². The van der Waals surface area contributed by atoms with Gasteiger partial charge in [0.25, 0.3) is 0 Å². The number of aromatic amines is 1. The number of nitrogens with one attached hydrogen (secondary N) is 1. The van der Waals surface area contributed by atoms with Crippen molar-refractivity contribution in [1.29, 1.82) is 0 Å². The monoisotopic (exact) mass is 260 g/mol. The molecule has 0 aliphatic carbocycles. The number of esters is 1. The molecule has 0 aliphatic rings. The molecule has 0 atom stereocenters. The van der Waals surface area contributed by atoms with Crippen LogP contribution in [0.2, 0.25) is 0 Å². The molecular weight excluding hydrogens is 244 g/mol. The molecule has 0 spiro atoms. The third kappa shape index (κ3) is 3.87. The maximum absolute atomic E-state index is 11.2. The Labute approximate surface area is 111 Å². The van der Waals surface area contributed by atoms with Crippen molar-refractivity contribution in [3.63, 3.8) is 0 Å². The van der Waals surface area contributed by atoms with Crippen molar-refractivity contribution in [2.75, 3.05) is 6.61 Å². The number of carbonyl (C=O) groups is 1. The summed E-state index contributed by atoms with van der Waals surface area (Å²) in [5.41, 5.74) is 0.732. The second-order valence-electron chi connectivity index (χ2n) is 3.98. The van der Waals surface area contributed by atoms with Gasteiger partial charge in [0.1, 0.15) is 11.5 Å². The number of hydrogen-bond donors (Lipinski definition) is 1. The summed E-state index contributed by atoms with van der Waals surface area (Å²) in [4.78, 5) is 19.7. The van der Waals surface area contributed by atoms with E-state index in [0.717, 1.165) is 11.5 Å². The molecule has 1 N–H and O–H groups in total. The van der Waals surface area contributed by atoms with Crippen molar-refractivity contribution < 1.29 is 9.53 Å². The summed E-state index contributed by atoms with van der Waals surface area (Å²) >= 11 is 0. The molecule has 0 aromatic carbocycles. The molecular formula is C13H16N4O2. The van der Waals surface area contributed by atoms with E-state index in [0.29, 0.717) is 31.7 Å². The van der Waals surface area contributed by atoms with E-state index in [4.69, 9.17) is 4.74 Å². The highest BCUT2D eigenvalue weighted by molar-refractivity contribution is 5.69. The molecule has 2 rings (SSSR count). The highest BCUT2D eigenvalue weighted by Gasteiger charge is 2.07. The number of rotatable bonds is 6. The SMILES string of the molecule is CCOC(=O)CCCc1nc(-c2ccccn2)n[nH]1. The van der Waals surface area contributed by atoms with Gasteiger partial charge in [-0.3, -0.25) is 14.9 Å². The Hall–Kier alpha value is -2.24. The minimum Gasteiger partial charge on any atom is -0.466 e. The number of aromatic nitrogens is 4. The molecule has 19 heavy (non-hydrogen) atoms. The highest BCUT2D eigenvalue weighted by atomic mass is 16.5. The van der Waals surface area contributed by atoms with E-state index in [-0.39, 0.29) is 5.97 Å². The maximum atomic E-state index is 11.2. The van der Waals surface area contributed by atoms with E-state index in [9.17, 15) is 4.79 Å². The standard InChI is InChI=1S/C13H16N4O2/c1-2-19-12(18)8-5-7-11-15-13(17-16-11)10-6-3-4-9-14-10/h3-4,6,9H,2,5,7-8H2,1H3,(H,15,16,17). The quantitative estimate of drug-likeness (QED) is 0.800. The molecule has 6 nitrogen and oxygen atoms in total. The van der Waals surface area contributed by atoms with Crippen molar-refractivity contribution >= 4 is 5.97 Å². The Morgan fingerprint density at radius 2 is 2.32 bits per heavy atom. The van der Waals surface area contributed by atoms with Crippen molar-refractivity contribution in [3.05, 3.63) is 30.2 Å². The number of aryl methyl sites for hydroxylation is 1. The number of nitrogens with zero attached hydrogens (tertiary/aromatic N) is 3. The van der Waals surface area contributed by atoms with Crippen LogP contribution in [0.25, 0.3) is 11.5 Å². The predicted octanol–water partition coefficient (Wildman–Crippen LogP) is 1.75. The van der Waals surface area contributed by atoms with Gasteiger partial charge in [-0.15, -0.1) is 0 Å². The predicted molar refractivity (Wildman–Crippen MR) is 69.2 cm³/mol. The number of pyridine rings is 1. The first-order valence-electron chi connectivity index (χ1n) is 6.28. The van der Waals surface area contributed by atoms with Crippen molar-refractivity contribution in [2.45, 2.75) is 26.2 Å². The fourth-order valence-corrected chi connectivity index (χ4v) is 1.65. The van der Waals surface area contributed by atoms with Crippen LogP contribution in [-0.4, -0.2) is 32.7 Å². The van der Waals surface area contributed by atoms with E-state index in [1.807, 2.05) is 18.2 Å². The van der Waals surface area contributed by atoms with Crippen LogP contribution in [0.5, 0.6) is 0 Å². The fraction of sp³-hybridized carbons (Fsp3) is 0.385. The first-order chi connectivity index (χ1) is 9.29. The summed E-state index contributed by atoms with van der Waals surface area (Å²) in [6.45, 7) is 2.22. The Kier molecular flexibility index (Phi) is 4.60. The topological polar surface area (TPSA) is 80.8 Å². The van der Waals surface area contributed by atoms with E-state index in [2.05, 4.69) is 20.2 Å². The van der Waals surface area contributed by atoms with Gasteiger partial charge in [0.2, 0.25) is 0 Å². The van der Waals surface area contributed by atoms with Crippen LogP contribution >= 0.6 is 0 Å². The van der Waals surface area contributed by atoms with Crippen LogP contribution in [0.1, 0.15) is 25.6 Å². The average molecular weight is 260 g/mol. The minimum absolute atomic E-state index is 0.174. The lowest BCUT2D eigenvalue weighted by molar-refractivity contribution is -0.143. The summed E-state index contributed by atoms with van der Waals surface area (Å²) in [5.74, 6) is 1.16. The second-order valence-corrected chi connectivity index (χ2v) is 3.98. The Morgan fingerprint density at radius 3 is 3.05 bits per heavy atom. The molecule has 6 heteroatoms. The van der Waals surface area contributed by atoms with E-state index in [1.54, 1.807) is 13.1 Å². The molecule has 0 radical (unpaired) electrons. The summed E-state index contributed by atoms with van der Waals surface area (Å²) in [6, 6.07) is 5.58. The molecule has 0 aliphatic heterocycles. The van der Waals surface area contributed by atoms with Crippen molar-refractivity contribution in [3.8, 4) is 11.5 Å². The number of carbonyl (C=O) groups excluding carboxylic acids is 1. The molecule has 0 amide bonds. The first kappa shape index (κ1) is 13.2. The zero-order chi connectivity index (χ0) is 13.5. The van der Waals surface area contributed by atoms with E-state index in [1.165, 1.54) is 0 Å². The number of hydrogen-bond acceptors (Lipinski definition) is 5. The lowest BCUT2D eigenvalue weighted by Crippen LogP contribution is -2.04. The van der Waals surface area contributed by atoms with Crippen LogP contribution in [0.4, 0.5) is 0 Å². The number of H-pyrrole nitrogens is 1. The summed E-state index contributed by atoms with van der Waals surface area (Å²) in [6.07, 6.45) is 3.45. The third-order valence-corrected chi connectivity index (χ3v) is 2.53. The van der Waals surface area contributed by atoms with Gasteiger partial charge in [0, 0.05) is 19.0 Å². The summed E-state index contributed by atoms with van der Waals surface area (Å²) in [7, 11) is 0. The number of ether oxygens (including phenoxy) is 1. The Bertz CT molecular complexity index is 524. The molecule has 2 heterocycles. The van der Waals surface area contributed by atoms with Crippen molar-refractivity contribution in [1.82, 2.24) is 20.2 Å². The Balaban J connectivity index is 1.86. The second kappa shape index (κ2) is 6.63. The van der Waals surface area contributed by atoms with Gasteiger partial charge >= 0.3 is 5.97 Å². The summed E-state index contributed by atoms with van der Waals surface area (Å²) in [5, 5.41) is 6.96. The molecule has 0 saturated heterocycles. The van der Waals surface area contributed by atoms with Gasteiger partial charge in [-0.05, 0) is 25.5 Å². The molecule has 0 saturated carbocycles. The average Bonchev–Trinajstić information content (AvgIpc) is 2.89. The Morgan fingerprint density at radius 1 is 1.42 bits per heavy atom. The zero-order valence-electron chi connectivity index (χ0n) is 10.8. The van der Waals surface area contributed by atoms with Crippen LogP contribution in [0.3, 0.4) is 0 Å². The van der Waals surface area contributed by atoms with Gasteiger partial charge in [-0.2, -0.15) is 5.10 Å². The molecule has 0 bridgehead atoms. The van der Waals surface area contributed by atoms with Crippen LogP contribution in [0.15, 0.2) is 24.4 Å². The smallest absolute Gasteiger partial charge is 0.305 e. The molecule has 2 aromatic rings. The van der Waals surface area contributed by atoms with E-state index < -0.39 is 0 Å². The van der Waals surface area contributed by atoms with Crippen LogP contribution in [0, 0.1) is 0 Å².